The first-order chi connectivity index (χ1) is 25.3. The van der Waals surface area contributed by atoms with E-state index in [0.717, 1.165) is 41.1 Å². The lowest BCUT2D eigenvalue weighted by Gasteiger charge is -2.22. The number of ether oxygens (including phenoxy) is 1. The molecule has 11 rings (SSSR count). The Hall–Kier alpha value is -6.38. The van der Waals surface area contributed by atoms with E-state index in [2.05, 4.69) is 168 Å². The molecule has 9 aromatic rings. The van der Waals surface area contributed by atoms with Crippen LogP contribution < -0.4 is 4.74 Å². The molecule has 8 aromatic carbocycles. The minimum absolute atomic E-state index is 0.379. The van der Waals surface area contributed by atoms with Gasteiger partial charge in [0, 0.05) is 39.4 Å². The molecule has 0 saturated heterocycles. The van der Waals surface area contributed by atoms with Crippen molar-refractivity contribution in [3.8, 4) is 50.6 Å². The Morgan fingerprint density at radius 3 is 2.08 bits per heavy atom. The smallest absolute Gasteiger partial charge is 0.138 e. The highest BCUT2D eigenvalue weighted by molar-refractivity contribution is 6.25. The molecule has 1 atom stereocenters. The Morgan fingerprint density at radius 2 is 1.20 bits per heavy atom. The van der Waals surface area contributed by atoms with Gasteiger partial charge in [-0.1, -0.05) is 140 Å². The van der Waals surface area contributed by atoms with Crippen LogP contribution in [0.5, 0.6) is 11.5 Å². The number of benzene rings is 8. The topological polar surface area (TPSA) is 14.2 Å². The van der Waals surface area contributed by atoms with Crippen LogP contribution in [-0.2, 0) is 6.42 Å². The maximum Gasteiger partial charge on any atom is 0.138 e. The largest absolute Gasteiger partial charge is 0.456 e. The van der Waals surface area contributed by atoms with Crippen molar-refractivity contribution in [2.75, 3.05) is 0 Å². The van der Waals surface area contributed by atoms with Crippen molar-refractivity contribution in [3.63, 3.8) is 0 Å². The first kappa shape index (κ1) is 28.5. The quantitative estimate of drug-likeness (QED) is 0.185. The van der Waals surface area contributed by atoms with Crippen molar-refractivity contribution in [1.82, 2.24) is 4.57 Å². The molecular formula is C49H33NO. The average Bonchev–Trinajstić information content (AvgIpc) is 3.42. The maximum absolute atomic E-state index is 6.65. The summed E-state index contributed by atoms with van der Waals surface area (Å²) in [5.41, 5.74) is 15.3. The summed E-state index contributed by atoms with van der Waals surface area (Å²) in [4.78, 5) is 0. The molecule has 1 aliphatic carbocycles. The average molecular weight is 652 g/mol. The Balaban J connectivity index is 1.11. The predicted molar refractivity (Wildman–Crippen MR) is 211 cm³/mol. The van der Waals surface area contributed by atoms with Gasteiger partial charge >= 0.3 is 0 Å². The van der Waals surface area contributed by atoms with Gasteiger partial charge in [-0.15, -0.1) is 0 Å². The molecule has 2 nitrogen and oxygen atoms in total. The maximum atomic E-state index is 6.65. The third kappa shape index (κ3) is 4.30. The molecular weight excluding hydrogens is 619 g/mol. The molecule has 2 heteroatoms. The summed E-state index contributed by atoms with van der Waals surface area (Å²) in [6, 6.07) is 62.3. The number of aromatic nitrogens is 1. The Kier molecular flexibility index (Phi) is 6.17. The SMILES string of the molecule is c1ccc([C@@H]2CCc3cc(-c4ccc5c6c7cccc8c7c(cc6n(-c6ccccc6)c5c4)Oc4ccccc4-8)ccc3-c3ccccc32)cc1. The van der Waals surface area contributed by atoms with Crippen LogP contribution in [0.25, 0.3) is 71.6 Å². The minimum Gasteiger partial charge on any atom is -0.456 e. The number of hydrogen-bond acceptors (Lipinski definition) is 1. The van der Waals surface area contributed by atoms with E-state index in [1.165, 1.54) is 71.6 Å². The second-order valence-corrected chi connectivity index (χ2v) is 14.0. The van der Waals surface area contributed by atoms with E-state index in [1.807, 2.05) is 6.07 Å². The van der Waals surface area contributed by atoms with E-state index in [0.29, 0.717) is 5.92 Å². The molecule has 0 saturated carbocycles. The van der Waals surface area contributed by atoms with E-state index < -0.39 is 0 Å². The molecule has 0 radical (unpaired) electrons. The van der Waals surface area contributed by atoms with Gasteiger partial charge < -0.3 is 9.30 Å². The fourth-order valence-electron chi connectivity index (χ4n) is 8.96. The molecule has 1 aliphatic heterocycles. The van der Waals surface area contributed by atoms with Gasteiger partial charge in [0.05, 0.1) is 11.0 Å². The lowest BCUT2D eigenvalue weighted by atomic mass is 9.86. The minimum atomic E-state index is 0.379. The van der Waals surface area contributed by atoms with E-state index in [-0.39, 0.29) is 0 Å². The monoisotopic (exact) mass is 651 g/mol. The lowest BCUT2D eigenvalue weighted by Crippen LogP contribution is -2.01. The van der Waals surface area contributed by atoms with Gasteiger partial charge in [-0.2, -0.15) is 0 Å². The number of aryl methyl sites for hydroxylation is 1. The van der Waals surface area contributed by atoms with Crippen molar-refractivity contribution >= 4 is 32.6 Å². The molecule has 51 heavy (non-hydrogen) atoms. The Bertz CT molecular complexity index is 2830. The zero-order valence-corrected chi connectivity index (χ0v) is 28.0. The molecule has 0 fully saturated rings. The van der Waals surface area contributed by atoms with E-state index in [4.69, 9.17) is 4.74 Å². The number of nitrogens with zero attached hydrogens (tertiary/aromatic N) is 1. The molecule has 0 amide bonds. The van der Waals surface area contributed by atoms with E-state index >= 15 is 0 Å². The van der Waals surface area contributed by atoms with Gasteiger partial charge in [0.1, 0.15) is 11.5 Å². The summed E-state index contributed by atoms with van der Waals surface area (Å²) in [6.45, 7) is 0. The van der Waals surface area contributed by atoms with Crippen LogP contribution in [0.3, 0.4) is 0 Å². The van der Waals surface area contributed by atoms with Gasteiger partial charge in [-0.25, -0.2) is 0 Å². The van der Waals surface area contributed by atoms with Crippen molar-refractivity contribution in [2.24, 2.45) is 0 Å². The normalized spacial score (nSPS) is 14.5. The number of para-hydroxylation sites is 2. The molecule has 240 valence electrons. The second kappa shape index (κ2) is 11.1. The van der Waals surface area contributed by atoms with Crippen molar-refractivity contribution < 1.29 is 4.74 Å². The zero-order chi connectivity index (χ0) is 33.5. The predicted octanol–water partition coefficient (Wildman–Crippen LogP) is 13.1. The van der Waals surface area contributed by atoms with Crippen LogP contribution >= 0.6 is 0 Å². The lowest BCUT2D eigenvalue weighted by molar-refractivity contribution is 0.487. The van der Waals surface area contributed by atoms with Gasteiger partial charge in [0.2, 0.25) is 0 Å². The number of fused-ring (bicyclic) bond motifs is 9. The second-order valence-electron chi connectivity index (χ2n) is 14.0. The van der Waals surface area contributed by atoms with Crippen LogP contribution in [0, 0.1) is 0 Å². The van der Waals surface area contributed by atoms with E-state index in [1.54, 1.807) is 0 Å². The molecule has 0 spiro atoms. The van der Waals surface area contributed by atoms with Crippen molar-refractivity contribution in [1.29, 1.82) is 0 Å². The van der Waals surface area contributed by atoms with Crippen molar-refractivity contribution in [2.45, 2.75) is 18.8 Å². The fraction of sp³-hybridized carbons (Fsp3) is 0.0612. The van der Waals surface area contributed by atoms with Crippen LogP contribution in [0.4, 0.5) is 0 Å². The fourth-order valence-corrected chi connectivity index (χ4v) is 8.96. The van der Waals surface area contributed by atoms with E-state index in [9.17, 15) is 0 Å². The molecule has 0 unspecified atom stereocenters. The summed E-state index contributed by atoms with van der Waals surface area (Å²) in [7, 11) is 0. The number of rotatable bonds is 3. The summed E-state index contributed by atoms with van der Waals surface area (Å²) in [6.07, 6.45) is 2.12. The highest BCUT2D eigenvalue weighted by Crippen LogP contribution is 2.51. The number of hydrogen-bond donors (Lipinski definition) is 0. The van der Waals surface area contributed by atoms with Crippen LogP contribution in [0.2, 0.25) is 0 Å². The molecule has 2 aliphatic rings. The van der Waals surface area contributed by atoms with Crippen LogP contribution in [0.1, 0.15) is 29.0 Å². The Morgan fingerprint density at radius 1 is 0.471 bits per heavy atom. The molecule has 0 bridgehead atoms. The highest BCUT2D eigenvalue weighted by atomic mass is 16.5. The standard InChI is InChI=1S/C49H33NO/c1-3-12-31(13-4-1)36-26-24-34-28-32(22-25-37(34)39-17-8-7-16-38(36)39)33-23-27-42-44(29-33)50(35-14-5-2-6-15-35)45-30-47-49-41(19-11-20-43(49)48(42)45)40-18-9-10-21-46(40)51-47/h1-23,25,27-30,36H,24,26H2/t36-/m0/s1. The van der Waals surface area contributed by atoms with Crippen molar-refractivity contribution in [3.05, 3.63) is 187 Å². The van der Waals surface area contributed by atoms with Gasteiger partial charge in [0.25, 0.3) is 0 Å². The van der Waals surface area contributed by atoms with Crippen LogP contribution in [0.15, 0.2) is 170 Å². The summed E-state index contributed by atoms with van der Waals surface area (Å²) in [5, 5.41) is 4.90. The molecule has 0 N–H and O–H groups in total. The summed E-state index contributed by atoms with van der Waals surface area (Å²) < 4.78 is 9.07. The summed E-state index contributed by atoms with van der Waals surface area (Å²) >= 11 is 0. The first-order valence-corrected chi connectivity index (χ1v) is 17.9. The third-order valence-corrected chi connectivity index (χ3v) is 11.2. The van der Waals surface area contributed by atoms with Gasteiger partial charge in [-0.3, -0.25) is 0 Å². The molecule has 1 aromatic heterocycles. The molecule has 2 heterocycles. The van der Waals surface area contributed by atoms with Gasteiger partial charge in [0.15, 0.2) is 0 Å². The first-order valence-electron chi connectivity index (χ1n) is 17.9. The van der Waals surface area contributed by atoms with Crippen LogP contribution in [-0.4, -0.2) is 4.57 Å². The zero-order valence-electron chi connectivity index (χ0n) is 28.0. The third-order valence-electron chi connectivity index (χ3n) is 11.2. The van der Waals surface area contributed by atoms with Gasteiger partial charge in [-0.05, 0) is 87.0 Å². The highest BCUT2D eigenvalue weighted by Gasteiger charge is 2.26. The summed E-state index contributed by atoms with van der Waals surface area (Å²) in [5.74, 6) is 2.19. The Labute approximate surface area is 296 Å².